The summed E-state index contributed by atoms with van der Waals surface area (Å²) in [6.45, 7) is 1.04. The molecule has 1 aliphatic heterocycles. The number of rotatable bonds is 8. The van der Waals surface area contributed by atoms with E-state index in [4.69, 9.17) is 9.84 Å². The molecule has 0 bridgehead atoms. The smallest absolute Gasteiger partial charge is 0.326 e. The molecule has 0 spiro atoms. The van der Waals surface area contributed by atoms with Crippen molar-refractivity contribution in [3.05, 3.63) is 16.3 Å². The summed E-state index contributed by atoms with van der Waals surface area (Å²) < 4.78 is 31.4. The Morgan fingerprint density at radius 1 is 1.42 bits per heavy atom. The third kappa shape index (κ3) is 4.12. The lowest BCUT2D eigenvalue weighted by Crippen LogP contribution is -2.41. The van der Waals surface area contributed by atoms with Crippen LogP contribution in [0.3, 0.4) is 0 Å². The number of carbonyl (C=O) groups excluding carboxylic acids is 1. The molecule has 1 saturated heterocycles. The van der Waals surface area contributed by atoms with Gasteiger partial charge in [0, 0.05) is 33.2 Å². The van der Waals surface area contributed by atoms with Crippen molar-refractivity contribution in [1.29, 1.82) is 0 Å². The number of hydrogen-bond donors (Lipinski definition) is 2. The Morgan fingerprint density at radius 3 is 2.67 bits per heavy atom. The summed E-state index contributed by atoms with van der Waals surface area (Å²) >= 11 is 0.979. The van der Waals surface area contributed by atoms with Crippen LogP contribution in [0.4, 0.5) is 0 Å². The molecule has 1 amide bonds. The monoisotopic (exact) mass is 376 g/mol. The maximum absolute atomic E-state index is 12.6. The number of carboxylic acids is 1. The molecule has 1 fully saturated rings. The van der Waals surface area contributed by atoms with Gasteiger partial charge in [-0.3, -0.25) is 4.79 Å². The van der Waals surface area contributed by atoms with E-state index in [0.717, 1.165) is 24.2 Å². The van der Waals surface area contributed by atoms with Gasteiger partial charge in [0.2, 0.25) is 10.0 Å². The third-order valence-electron chi connectivity index (χ3n) is 3.73. The van der Waals surface area contributed by atoms with Crippen molar-refractivity contribution >= 4 is 33.2 Å². The van der Waals surface area contributed by atoms with Gasteiger partial charge in [0.1, 0.15) is 15.8 Å². The minimum atomic E-state index is -3.73. The van der Waals surface area contributed by atoms with Gasteiger partial charge in [-0.1, -0.05) is 0 Å². The van der Waals surface area contributed by atoms with Crippen molar-refractivity contribution in [3.8, 4) is 0 Å². The van der Waals surface area contributed by atoms with E-state index < -0.39 is 27.9 Å². The highest BCUT2D eigenvalue weighted by Gasteiger charge is 2.32. The number of methoxy groups -OCH3 is 1. The van der Waals surface area contributed by atoms with Crippen LogP contribution in [0.15, 0.2) is 16.3 Å². The Hall–Kier alpha value is -1.49. The van der Waals surface area contributed by atoms with Gasteiger partial charge in [-0.25, -0.2) is 13.2 Å². The van der Waals surface area contributed by atoms with Gasteiger partial charge in [-0.15, -0.1) is 11.3 Å². The average molecular weight is 376 g/mol. The predicted octanol–water partition coefficient (Wildman–Crippen LogP) is 0.752. The molecular formula is C14H20N2O6S2. The van der Waals surface area contributed by atoms with Crippen LogP contribution in [0.2, 0.25) is 0 Å². The maximum atomic E-state index is 12.6. The Bertz CT molecular complexity index is 694. The molecule has 0 saturated carbocycles. The van der Waals surface area contributed by atoms with Crippen LogP contribution in [-0.4, -0.2) is 62.6 Å². The standard InChI is InChI=1S/C14H20N2O6S2/c1-22-8-4-10(14(18)19)15-13(17)12-11(5-9-23-12)24(20,21)16-6-2-3-7-16/h5,9-10H,2-4,6-8H2,1H3,(H,15,17)(H,18,19). The zero-order valence-electron chi connectivity index (χ0n) is 13.2. The number of sulfonamides is 1. The normalized spacial score (nSPS) is 16.9. The van der Waals surface area contributed by atoms with Crippen molar-refractivity contribution in [1.82, 2.24) is 9.62 Å². The number of carboxylic acid groups (broad SMARTS) is 1. The molecule has 1 aromatic heterocycles. The first-order valence-corrected chi connectivity index (χ1v) is 9.80. The molecule has 10 heteroatoms. The zero-order valence-corrected chi connectivity index (χ0v) is 14.9. The molecule has 1 aliphatic rings. The number of amides is 1. The lowest BCUT2D eigenvalue weighted by molar-refractivity contribution is -0.139. The number of hydrogen-bond acceptors (Lipinski definition) is 6. The van der Waals surface area contributed by atoms with E-state index in [1.54, 1.807) is 0 Å². The summed E-state index contributed by atoms with van der Waals surface area (Å²) in [7, 11) is -2.30. The molecule has 8 nitrogen and oxygen atoms in total. The quantitative estimate of drug-likeness (QED) is 0.692. The molecule has 2 heterocycles. The van der Waals surface area contributed by atoms with Gasteiger partial charge in [-0.2, -0.15) is 4.31 Å². The third-order valence-corrected chi connectivity index (χ3v) is 6.72. The Labute approximate surface area is 144 Å². The fraction of sp³-hybridized carbons (Fsp3) is 0.571. The molecule has 0 aromatic carbocycles. The molecule has 1 unspecified atom stereocenters. The van der Waals surface area contributed by atoms with Crippen LogP contribution in [0.1, 0.15) is 28.9 Å². The van der Waals surface area contributed by atoms with Crippen LogP contribution in [0.25, 0.3) is 0 Å². The number of nitrogens with zero attached hydrogens (tertiary/aromatic N) is 1. The molecule has 1 atom stereocenters. The van der Waals surface area contributed by atoms with E-state index in [2.05, 4.69) is 5.32 Å². The average Bonchev–Trinajstić information content (AvgIpc) is 3.22. The Morgan fingerprint density at radius 2 is 2.08 bits per heavy atom. The summed E-state index contributed by atoms with van der Waals surface area (Å²) in [6, 6.07) is 0.250. The van der Waals surface area contributed by atoms with Gasteiger partial charge < -0.3 is 15.2 Å². The minimum Gasteiger partial charge on any atom is -0.480 e. The van der Waals surface area contributed by atoms with Crippen LogP contribution in [0.5, 0.6) is 0 Å². The van der Waals surface area contributed by atoms with Crippen molar-refractivity contribution < 1.29 is 27.9 Å². The lowest BCUT2D eigenvalue weighted by atomic mass is 10.2. The van der Waals surface area contributed by atoms with Crippen molar-refractivity contribution in [3.63, 3.8) is 0 Å². The second-order valence-electron chi connectivity index (χ2n) is 5.37. The SMILES string of the molecule is COCCC(NC(=O)c1sccc1S(=O)(=O)N1CCCC1)C(=O)O. The van der Waals surface area contributed by atoms with Gasteiger partial charge in [0.05, 0.1) is 0 Å². The van der Waals surface area contributed by atoms with Gasteiger partial charge >= 0.3 is 5.97 Å². The maximum Gasteiger partial charge on any atom is 0.326 e. The largest absolute Gasteiger partial charge is 0.480 e. The summed E-state index contributed by atoms with van der Waals surface area (Å²) in [5.74, 6) is -1.90. The van der Waals surface area contributed by atoms with Crippen LogP contribution in [-0.2, 0) is 19.6 Å². The van der Waals surface area contributed by atoms with Crippen molar-refractivity contribution in [2.24, 2.45) is 0 Å². The number of aliphatic carboxylic acids is 1. The van der Waals surface area contributed by atoms with Gasteiger partial charge in [0.15, 0.2) is 0 Å². The number of carbonyl (C=O) groups is 2. The van der Waals surface area contributed by atoms with E-state index in [1.807, 2.05) is 0 Å². The fourth-order valence-electron chi connectivity index (χ4n) is 2.45. The lowest BCUT2D eigenvalue weighted by Gasteiger charge is -2.17. The Kier molecular flexibility index (Phi) is 6.33. The van der Waals surface area contributed by atoms with Gasteiger partial charge in [0.25, 0.3) is 5.91 Å². The second kappa shape index (κ2) is 8.06. The molecule has 1 aromatic rings. The zero-order chi connectivity index (χ0) is 17.7. The minimum absolute atomic E-state index is 0.00515. The first kappa shape index (κ1) is 18.8. The van der Waals surface area contributed by atoms with Crippen molar-refractivity contribution in [2.45, 2.75) is 30.2 Å². The molecule has 2 N–H and O–H groups in total. The van der Waals surface area contributed by atoms with E-state index in [1.165, 1.54) is 22.9 Å². The number of ether oxygens (including phenoxy) is 1. The highest BCUT2D eigenvalue weighted by atomic mass is 32.2. The molecule has 24 heavy (non-hydrogen) atoms. The predicted molar refractivity (Wildman–Crippen MR) is 87.7 cm³/mol. The number of nitrogens with one attached hydrogen (secondary N) is 1. The van der Waals surface area contributed by atoms with E-state index in [0.29, 0.717) is 13.1 Å². The topological polar surface area (TPSA) is 113 Å². The molecule has 134 valence electrons. The fourth-order valence-corrected chi connectivity index (χ4v) is 5.27. The van der Waals surface area contributed by atoms with E-state index in [9.17, 15) is 18.0 Å². The first-order chi connectivity index (χ1) is 11.4. The summed E-state index contributed by atoms with van der Waals surface area (Å²) in [4.78, 5) is 23.5. The van der Waals surface area contributed by atoms with Crippen LogP contribution >= 0.6 is 11.3 Å². The highest BCUT2D eigenvalue weighted by molar-refractivity contribution is 7.89. The van der Waals surface area contributed by atoms with E-state index in [-0.39, 0.29) is 22.8 Å². The Balaban J connectivity index is 2.19. The summed E-state index contributed by atoms with van der Waals surface area (Å²) in [5, 5.41) is 13.0. The van der Waals surface area contributed by atoms with Gasteiger partial charge in [-0.05, 0) is 24.3 Å². The highest BCUT2D eigenvalue weighted by Crippen LogP contribution is 2.27. The van der Waals surface area contributed by atoms with Crippen molar-refractivity contribution in [2.75, 3.05) is 26.8 Å². The van der Waals surface area contributed by atoms with E-state index >= 15 is 0 Å². The van der Waals surface area contributed by atoms with Crippen LogP contribution < -0.4 is 5.32 Å². The summed E-state index contributed by atoms with van der Waals surface area (Å²) in [6.07, 6.45) is 1.68. The second-order valence-corrected chi connectivity index (χ2v) is 8.19. The van der Waals surface area contributed by atoms with Crippen LogP contribution in [0, 0.1) is 0 Å². The first-order valence-electron chi connectivity index (χ1n) is 7.48. The molecular weight excluding hydrogens is 356 g/mol. The number of thiophene rings is 1. The summed E-state index contributed by atoms with van der Waals surface area (Å²) in [5.41, 5.74) is 0. The molecule has 0 radical (unpaired) electrons. The molecule has 0 aliphatic carbocycles. The molecule has 2 rings (SSSR count).